The third-order valence-electron chi connectivity index (χ3n) is 4.24. The van der Waals surface area contributed by atoms with Gasteiger partial charge in [0.1, 0.15) is 22.8 Å². The first-order valence-corrected chi connectivity index (χ1v) is 11.8. The quantitative estimate of drug-likeness (QED) is 0.195. The molecule has 0 saturated carbocycles. The number of carbonyl (C=O) groups is 4. The van der Waals surface area contributed by atoms with Crippen LogP contribution in [0.1, 0.15) is 5.69 Å². The number of β-lactam (4-membered cyclic amide) rings is 1. The summed E-state index contributed by atoms with van der Waals surface area (Å²) in [6.07, 6.45) is 0. The van der Waals surface area contributed by atoms with Gasteiger partial charge in [-0.25, -0.2) is 14.6 Å². The van der Waals surface area contributed by atoms with Gasteiger partial charge in [-0.15, -0.1) is 34.9 Å². The molecule has 1 aromatic rings. The van der Waals surface area contributed by atoms with Crippen LogP contribution >= 0.6 is 34.9 Å². The van der Waals surface area contributed by atoms with E-state index in [9.17, 15) is 24.3 Å². The van der Waals surface area contributed by atoms with Gasteiger partial charge in [0, 0.05) is 16.9 Å². The normalized spacial score (nSPS) is 20.3. The first kappa shape index (κ1) is 23.6. The number of rotatable bonds is 10. The van der Waals surface area contributed by atoms with E-state index in [1.165, 1.54) is 28.9 Å². The van der Waals surface area contributed by atoms with Gasteiger partial charge in [0.25, 0.3) is 11.8 Å². The van der Waals surface area contributed by atoms with Crippen molar-refractivity contribution in [2.75, 3.05) is 23.8 Å². The predicted molar refractivity (Wildman–Crippen MR) is 119 cm³/mol. The van der Waals surface area contributed by atoms with Gasteiger partial charge in [0.15, 0.2) is 10.8 Å². The minimum atomic E-state index is -1.30. The Morgan fingerprint density at radius 3 is 2.81 bits per heavy atom. The van der Waals surface area contributed by atoms with E-state index < -0.39 is 41.8 Å². The van der Waals surface area contributed by atoms with Crippen LogP contribution in [0.3, 0.4) is 0 Å². The zero-order valence-corrected chi connectivity index (χ0v) is 18.7. The minimum absolute atomic E-state index is 0.0465. The maximum atomic E-state index is 12.8. The van der Waals surface area contributed by atoms with Gasteiger partial charge in [0.05, 0.1) is 0 Å². The number of carboxylic acids is 2. The average Bonchev–Trinajstić information content (AvgIpc) is 3.17. The molecule has 2 aliphatic rings. The van der Waals surface area contributed by atoms with Gasteiger partial charge in [-0.05, 0) is 11.0 Å². The van der Waals surface area contributed by atoms with Crippen molar-refractivity contribution in [1.82, 2.24) is 15.2 Å². The van der Waals surface area contributed by atoms with Gasteiger partial charge in [-0.1, -0.05) is 11.7 Å². The smallest absolute Gasteiger partial charge is 0.352 e. The summed E-state index contributed by atoms with van der Waals surface area (Å²) in [6.45, 7) is 2.80. The Morgan fingerprint density at radius 1 is 1.47 bits per heavy atom. The molecule has 0 aromatic carbocycles. The average molecular weight is 500 g/mol. The van der Waals surface area contributed by atoms with E-state index in [4.69, 9.17) is 10.8 Å². The Labute approximate surface area is 193 Å². The number of thioether (sulfide) groups is 2. The molecule has 0 bridgehead atoms. The van der Waals surface area contributed by atoms with E-state index in [0.29, 0.717) is 17.1 Å². The summed E-state index contributed by atoms with van der Waals surface area (Å²) in [5.74, 6) is -3.20. The molecule has 2 atom stereocenters. The minimum Gasteiger partial charge on any atom is -0.479 e. The number of aromatic nitrogens is 1. The first-order valence-electron chi connectivity index (χ1n) is 8.81. The molecule has 32 heavy (non-hydrogen) atoms. The molecule has 15 heteroatoms. The monoisotopic (exact) mass is 499 g/mol. The highest BCUT2D eigenvalue weighted by molar-refractivity contribution is 8.02. The van der Waals surface area contributed by atoms with Gasteiger partial charge in [0.2, 0.25) is 6.61 Å². The van der Waals surface area contributed by atoms with E-state index in [-0.39, 0.29) is 22.2 Å². The van der Waals surface area contributed by atoms with Gasteiger partial charge >= 0.3 is 11.9 Å². The second kappa shape index (κ2) is 10.1. The van der Waals surface area contributed by atoms with Crippen LogP contribution in [0.2, 0.25) is 0 Å². The van der Waals surface area contributed by atoms with Crippen LogP contribution < -0.4 is 11.1 Å². The number of hydrogen-bond donors (Lipinski definition) is 4. The van der Waals surface area contributed by atoms with Gasteiger partial charge in [-0.3, -0.25) is 14.5 Å². The molecule has 3 heterocycles. The predicted octanol–water partition coefficient (Wildman–Crippen LogP) is 0.146. The maximum Gasteiger partial charge on any atom is 0.352 e. The number of oxime groups is 1. The topological polar surface area (TPSA) is 185 Å². The number of nitrogens with zero attached hydrogens (tertiary/aromatic N) is 3. The SMILES string of the molecule is C=CSCC1=C(C(=O)O)N2C(=O)C(NC(=O)/C(=N/OCC(=O)O)c3csc(N)n3)C2SC1. The molecule has 0 spiro atoms. The molecule has 0 radical (unpaired) electrons. The Balaban J connectivity index is 1.78. The molecular weight excluding hydrogens is 482 g/mol. The zero-order valence-electron chi connectivity index (χ0n) is 16.2. The number of amides is 2. The number of carbonyl (C=O) groups excluding carboxylic acids is 2. The fourth-order valence-electron chi connectivity index (χ4n) is 2.92. The summed E-state index contributed by atoms with van der Waals surface area (Å²) in [7, 11) is 0. The van der Waals surface area contributed by atoms with Crippen molar-refractivity contribution >= 4 is 69.5 Å². The summed E-state index contributed by atoms with van der Waals surface area (Å²) in [5.41, 5.74) is 5.77. The molecule has 12 nitrogen and oxygen atoms in total. The molecule has 3 rings (SSSR count). The number of aliphatic carboxylic acids is 2. The lowest BCUT2D eigenvalue weighted by Gasteiger charge is -2.49. The lowest BCUT2D eigenvalue weighted by molar-refractivity contribution is -0.150. The Morgan fingerprint density at radius 2 is 2.22 bits per heavy atom. The Hall–Kier alpha value is -3.04. The van der Waals surface area contributed by atoms with E-state index in [1.54, 1.807) is 5.41 Å². The summed E-state index contributed by atoms with van der Waals surface area (Å²) >= 11 is 3.67. The molecule has 1 fully saturated rings. The molecule has 1 saturated heterocycles. The van der Waals surface area contributed by atoms with Crippen LogP contribution in [-0.2, 0) is 24.0 Å². The number of nitrogens with two attached hydrogens (primary N) is 1. The van der Waals surface area contributed by atoms with Crippen LogP contribution in [0.4, 0.5) is 5.13 Å². The Bertz CT molecular complexity index is 1040. The van der Waals surface area contributed by atoms with Crippen LogP contribution in [-0.4, -0.2) is 79.1 Å². The largest absolute Gasteiger partial charge is 0.479 e. The van der Waals surface area contributed by atoms with E-state index in [2.05, 4.69) is 26.9 Å². The summed E-state index contributed by atoms with van der Waals surface area (Å²) in [4.78, 5) is 57.7. The Kier molecular flexibility index (Phi) is 7.42. The third-order valence-corrected chi connectivity index (χ3v) is 7.00. The highest BCUT2D eigenvalue weighted by atomic mass is 32.2. The van der Waals surface area contributed by atoms with Crippen LogP contribution in [0.5, 0.6) is 0 Å². The summed E-state index contributed by atoms with van der Waals surface area (Å²) < 4.78 is 0. The molecule has 2 aliphatic heterocycles. The number of nitrogen functional groups attached to an aromatic ring is 1. The van der Waals surface area contributed by atoms with E-state index >= 15 is 0 Å². The number of nitrogens with one attached hydrogen (secondary N) is 1. The lowest BCUT2D eigenvalue weighted by atomic mass is 10.0. The summed E-state index contributed by atoms with van der Waals surface area (Å²) in [5, 5.41) is 26.9. The standard InChI is InChI=1S/C17H17N5O7S3/c1-2-30-4-7-5-31-15-11(14(26)22(15)12(7)16(27)28)20-13(25)10(21-29-3-9(23)24)8-6-32-17(18)19-8/h2,6,11,15H,1,3-5H2,(H2,18,19)(H,20,25)(H,23,24)(H,27,28)/b21-10+. The van der Waals surface area contributed by atoms with Crippen molar-refractivity contribution in [3.05, 3.63) is 34.3 Å². The third kappa shape index (κ3) is 4.89. The van der Waals surface area contributed by atoms with Crippen molar-refractivity contribution in [2.24, 2.45) is 5.16 Å². The molecule has 2 amide bonds. The molecule has 170 valence electrons. The number of carboxylic acid groups (broad SMARTS) is 2. The lowest BCUT2D eigenvalue weighted by Crippen LogP contribution is -2.71. The van der Waals surface area contributed by atoms with Crippen molar-refractivity contribution in [3.8, 4) is 0 Å². The van der Waals surface area contributed by atoms with E-state index in [0.717, 1.165) is 16.2 Å². The number of fused-ring (bicyclic) bond motifs is 1. The van der Waals surface area contributed by atoms with Crippen LogP contribution in [0.25, 0.3) is 0 Å². The highest BCUT2D eigenvalue weighted by Crippen LogP contribution is 2.41. The number of hydrogen-bond acceptors (Lipinski definition) is 11. The highest BCUT2D eigenvalue weighted by Gasteiger charge is 2.54. The molecule has 5 N–H and O–H groups in total. The fraction of sp³-hybridized carbons (Fsp3) is 0.294. The molecule has 1 aromatic heterocycles. The second-order valence-corrected chi connectivity index (χ2v) is 9.22. The number of thiazole rings is 1. The fourth-order valence-corrected chi connectivity index (χ4v) is 5.50. The van der Waals surface area contributed by atoms with Crippen molar-refractivity contribution < 1.29 is 34.2 Å². The first-order chi connectivity index (χ1) is 15.2. The summed E-state index contributed by atoms with van der Waals surface area (Å²) in [6, 6.07) is -1.00. The van der Waals surface area contributed by atoms with Crippen LogP contribution in [0.15, 0.2) is 33.8 Å². The van der Waals surface area contributed by atoms with Crippen molar-refractivity contribution in [2.45, 2.75) is 11.4 Å². The van der Waals surface area contributed by atoms with Crippen molar-refractivity contribution in [3.63, 3.8) is 0 Å². The van der Waals surface area contributed by atoms with Gasteiger partial charge in [-0.2, -0.15) is 0 Å². The van der Waals surface area contributed by atoms with Crippen molar-refractivity contribution in [1.29, 1.82) is 0 Å². The molecular formula is C17H17N5O7S3. The van der Waals surface area contributed by atoms with Crippen LogP contribution in [0, 0.1) is 0 Å². The molecule has 0 aliphatic carbocycles. The number of anilines is 1. The second-order valence-electron chi connectivity index (χ2n) is 6.27. The maximum absolute atomic E-state index is 12.8. The van der Waals surface area contributed by atoms with Gasteiger partial charge < -0.3 is 26.1 Å². The van der Waals surface area contributed by atoms with E-state index in [1.807, 2.05) is 0 Å². The molecule has 2 unspecified atom stereocenters. The zero-order chi connectivity index (χ0) is 23.4.